The summed E-state index contributed by atoms with van der Waals surface area (Å²) < 4.78 is 162. The molecule has 0 radical (unpaired) electrons. The van der Waals surface area contributed by atoms with Gasteiger partial charge in [0.25, 0.3) is 0 Å². The lowest BCUT2D eigenvalue weighted by molar-refractivity contribution is -0.237. The van der Waals surface area contributed by atoms with Crippen LogP contribution >= 0.6 is 11.3 Å². The second-order valence-electron chi connectivity index (χ2n) is 4.34. The van der Waals surface area contributed by atoms with E-state index < -0.39 is 24.7 Å². The standard InChI is InChI=1S/C5H9F3.C4H3FS.CF4.CHF3.5CH3F/c1-4(2,3)5(6,7)8;5-4-2-1-3-6-4;2-1(3,4)5;2-1(3)4;5*1-2/h1-3H3;1-3H;;1H;5*1H3. The minimum atomic E-state index is -5.50. The highest BCUT2D eigenvalue weighted by Gasteiger charge is 2.42. The first-order valence-electron chi connectivity index (χ1n) is 7.20. The van der Waals surface area contributed by atoms with E-state index >= 15 is 0 Å². The fraction of sp³-hybridized carbons (Fsp3) is 0.750. The van der Waals surface area contributed by atoms with E-state index in [-0.39, 0.29) is 5.13 Å². The van der Waals surface area contributed by atoms with Crippen LogP contribution in [0.1, 0.15) is 20.8 Å². The van der Waals surface area contributed by atoms with Crippen LogP contribution in [0.2, 0.25) is 0 Å². The smallest absolute Gasteiger partial charge is 0.255 e. The fourth-order valence-corrected chi connectivity index (χ4v) is 0.703. The van der Waals surface area contributed by atoms with E-state index in [1.807, 2.05) is 0 Å². The van der Waals surface area contributed by atoms with E-state index in [1.165, 1.54) is 6.07 Å². The van der Waals surface area contributed by atoms with Crippen LogP contribution < -0.4 is 0 Å². The monoisotopic (exact) mass is 556 g/mol. The normalized spacial score (nSPS) is 8.88. The number of hydrogen-bond donors (Lipinski definition) is 0. The average Bonchev–Trinajstić information content (AvgIpc) is 3.18. The first kappa shape index (κ1) is 53.1. The van der Waals surface area contributed by atoms with E-state index in [0.717, 1.165) is 32.1 Å². The van der Waals surface area contributed by atoms with Crippen LogP contribution in [0.25, 0.3) is 0 Å². The third-order valence-electron chi connectivity index (χ3n) is 1.34. The van der Waals surface area contributed by atoms with Gasteiger partial charge < -0.3 is 0 Å². The molecule has 1 aromatic heterocycles. The molecule has 0 saturated carbocycles. The van der Waals surface area contributed by atoms with Crippen LogP contribution in [0.5, 0.6) is 0 Å². The van der Waals surface area contributed by atoms with Gasteiger partial charge >= 0.3 is 19.3 Å². The van der Waals surface area contributed by atoms with Gasteiger partial charge in [-0.1, -0.05) is 20.8 Å². The number of alkyl halides is 15. The highest BCUT2D eigenvalue weighted by atomic mass is 32.1. The van der Waals surface area contributed by atoms with Crippen molar-refractivity contribution in [1.82, 2.24) is 0 Å². The maximum atomic E-state index is 11.7. The lowest BCUT2D eigenvalue weighted by Gasteiger charge is -2.21. The molecule has 0 fully saturated rings. The molecular weight excluding hydrogens is 528 g/mol. The van der Waals surface area contributed by atoms with Crippen LogP contribution in [-0.4, -0.2) is 55.2 Å². The van der Waals surface area contributed by atoms with Gasteiger partial charge in [0.05, 0.1) is 41.3 Å². The van der Waals surface area contributed by atoms with Gasteiger partial charge in [-0.05, 0) is 17.5 Å². The molecule has 1 aromatic rings. The first-order valence-corrected chi connectivity index (χ1v) is 8.08. The van der Waals surface area contributed by atoms with Crippen molar-refractivity contribution in [3.05, 3.63) is 22.6 Å². The number of hydrogen-bond acceptors (Lipinski definition) is 1. The molecule has 0 aliphatic carbocycles. The van der Waals surface area contributed by atoms with Crippen LogP contribution in [0.4, 0.5) is 70.2 Å². The van der Waals surface area contributed by atoms with E-state index in [9.17, 15) is 70.2 Å². The van der Waals surface area contributed by atoms with E-state index in [4.69, 9.17) is 0 Å². The molecule has 0 N–H and O–H groups in total. The Labute approximate surface area is 186 Å². The van der Waals surface area contributed by atoms with Crippen molar-refractivity contribution in [2.75, 3.05) is 35.9 Å². The number of rotatable bonds is 0. The average molecular weight is 556 g/mol. The molecule has 0 amide bonds. The van der Waals surface area contributed by atoms with Crippen molar-refractivity contribution in [1.29, 1.82) is 0 Å². The molecule has 0 bridgehead atoms. The van der Waals surface area contributed by atoms with Crippen LogP contribution in [0, 0.1) is 10.5 Å². The quantitative estimate of drug-likeness (QED) is 0.279. The van der Waals surface area contributed by atoms with Crippen LogP contribution in [-0.2, 0) is 0 Å². The summed E-state index contributed by atoms with van der Waals surface area (Å²) in [5, 5.41) is 1.59. The van der Waals surface area contributed by atoms with Crippen LogP contribution in [0.15, 0.2) is 17.5 Å². The van der Waals surface area contributed by atoms with Gasteiger partial charge in [0.2, 0.25) is 0 Å². The van der Waals surface area contributed by atoms with Gasteiger partial charge in [-0.15, -0.1) is 28.9 Å². The summed E-state index contributed by atoms with van der Waals surface area (Å²) in [6, 6.07) is 3.12. The molecule has 210 valence electrons. The summed E-state index contributed by atoms with van der Waals surface area (Å²) in [4.78, 5) is 0. The van der Waals surface area contributed by atoms with Crippen molar-refractivity contribution >= 4 is 11.3 Å². The van der Waals surface area contributed by atoms with Gasteiger partial charge in [-0.25, -0.2) is 0 Å². The SMILES string of the molecule is CC(C)(C)C(F)(F)F.CF.CF.CF.CF.CF.FC(F)(F)F.FC(F)F.Fc1cccs1. The summed E-state index contributed by atoms with van der Waals surface area (Å²) in [5.41, 5.74) is -1.56. The topological polar surface area (TPSA) is 0 Å². The second kappa shape index (κ2) is 37.9. The Hall–Kier alpha value is -1.42. The Morgan fingerprint density at radius 1 is 0.636 bits per heavy atom. The Balaban J connectivity index is -0.0000000379. The highest BCUT2D eigenvalue weighted by molar-refractivity contribution is 7.08. The predicted molar refractivity (Wildman–Crippen MR) is 99.2 cm³/mol. The fourth-order valence-electron chi connectivity index (χ4n) is 0.259. The van der Waals surface area contributed by atoms with Crippen LogP contribution in [0.3, 0.4) is 0 Å². The van der Waals surface area contributed by atoms with Crippen molar-refractivity contribution in [3.63, 3.8) is 0 Å². The molecule has 0 aliphatic heterocycles. The van der Waals surface area contributed by atoms with Crippen molar-refractivity contribution in [3.8, 4) is 0 Å². The molecule has 1 rings (SSSR count). The third-order valence-corrected chi connectivity index (χ3v) is 1.99. The molecule has 0 unspecified atom stereocenters. The summed E-state index contributed by atoms with van der Waals surface area (Å²) in [5.74, 6) is 0. The molecule has 0 saturated heterocycles. The number of thiophene rings is 1. The first-order chi connectivity index (χ1) is 14.9. The third kappa shape index (κ3) is 118. The van der Waals surface area contributed by atoms with Crippen molar-refractivity contribution < 1.29 is 70.2 Å². The molecule has 17 heteroatoms. The minimum Gasteiger partial charge on any atom is -0.255 e. The van der Waals surface area contributed by atoms with Gasteiger partial charge in [0, 0.05) is 0 Å². The Morgan fingerprint density at radius 2 is 0.818 bits per heavy atom. The van der Waals surface area contributed by atoms with E-state index in [0.29, 0.717) is 35.9 Å². The van der Waals surface area contributed by atoms with E-state index in [2.05, 4.69) is 0 Å². The molecular formula is C16H28F16S. The zero-order chi connectivity index (χ0) is 29.5. The largest absolute Gasteiger partial charge is 0.559 e. The molecule has 0 spiro atoms. The van der Waals surface area contributed by atoms with Gasteiger partial charge in [0.15, 0.2) is 5.13 Å². The maximum absolute atomic E-state index is 11.7. The number of halogens is 16. The lowest BCUT2D eigenvalue weighted by Crippen LogP contribution is -2.28. The van der Waals surface area contributed by atoms with Crippen molar-refractivity contribution in [2.24, 2.45) is 5.41 Å². The Kier molecular flexibility index (Phi) is 61.0. The summed E-state index contributed by atoms with van der Waals surface area (Å²) in [7, 11) is 2.50. The molecule has 1 heterocycles. The summed E-state index contributed by atoms with van der Waals surface area (Å²) >= 11 is 1.11. The van der Waals surface area contributed by atoms with Gasteiger partial charge in [-0.2, -0.15) is 30.7 Å². The lowest BCUT2D eigenvalue weighted by atomic mass is 9.96. The molecule has 0 atom stereocenters. The molecule has 0 aromatic carbocycles. The second-order valence-corrected chi connectivity index (χ2v) is 5.24. The Bertz CT molecular complexity index is 349. The predicted octanol–water partition coefficient (Wildman–Crippen LogP) is 10.1. The van der Waals surface area contributed by atoms with Gasteiger partial charge in [0.1, 0.15) is 0 Å². The molecule has 0 nitrogen and oxygen atoms in total. The summed E-state index contributed by atoms with van der Waals surface area (Å²) in [6.45, 7) is -0.229. The summed E-state index contributed by atoms with van der Waals surface area (Å²) in [6.07, 6.45) is -9.56. The molecule has 0 aliphatic rings. The Morgan fingerprint density at radius 3 is 0.848 bits per heavy atom. The highest BCUT2D eigenvalue weighted by Crippen LogP contribution is 2.36. The van der Waals surface area contributed by atoms with E-state index in [1.54, 1.807) is 11.4 Å². The minimum absolute atomic E-state index is 0.116. The van der Waals surface area contributed by atoms with Crippen molar-refractivity contribution in [2.45, 2.75) is 40.1 Å². The molecule has 33 heavy (non-hydrogen) atoms. The zero-order valence-electron chi connectivity index (χ0n) is 18.8. The maximum Gasteiger partial charge on any atom is 0.559 e. The van der Waals surface area contributed by atoms with Gasteiger partial charge in [-0.3, -0.25) is 22.0 Å². The zero-order valence-corrected chi connectivity index (χ0v) is 19.6.